The molecule has 0 spiro atoms. The van der Waals surface area contributed by atoms with Crippen molar-refractivity contribution in [3.8, 4) is 0 Å². The molecule has 1 saturated heterocycles. The summed E-state index contributed by atoms with van der Waals surface area (Å²) in [5, 5.41) is 15.0. The molecule has 22 heavy (non-hydrogen) atoms. The van der Waals surface area contributed by atoms with E-state index in [9.17, 15) is 4.79 Å². The van der Waals surface area contributed by atoms with Crippen LogP contribution >= 0.6 is 0 Å². The maximum absolute atomic E-state index is 10.6. The fourth-order valence-corrected chi connectivity index (χ4v) is 3.33. The Bertz CT molecular complexity index is 556. The molecule has 0 aromatic carbocycles. The van der Waals surface area contributed by atoms with Gasteiger partial charge in [0.25, 0.3) is 0 Å². The Morgan fingerprint density at radius 3 is 2.41 bits per heavy atom. The van der Waals surface area contributed by atoms with Gasteiger partial charge in [-0.15, -0.1) is 0 Å². The van der Waals surface area contributed by atoms with Gasteiger partial charge in [0, 0.05) is 17.0 Å². The van der Waals surface area contributed by atoms with E-state index >= 15 is 0 Å². The maximum atomic E-state index is 10.6. The van der Waals surface area contributed by atoms with Crippen LogP contribution in [0.2, 0.25) is 0 Å². The maximum Gasteiger partial charge on any atom is 0.322 e. The van der Waals surface area contributed by atoms with Crippen molar-refractivity contribution in [2.75, 3.05) is 17.6 Å². The molecule has 1 aromatic rings. The third kappa shape index (κ3) is 4.27. The lowest BCUT2D eigenvalue weighted by Gasteiger charge is -2.46. The van der Waals surface area contributed by atoms with Gasteiger partial charge in [-0.25, -0.2) is 0 Å². The normalized spacial score (nSPS) is 20.5. The second-order valence-corrected chi connectivity index (χ2v) is 7.12. The third-order valence-corrected chi connectivity index (χ3v) is 3.62. The zero-order valence-corrected chi connectivity index (χ0v) is 13.5. The number of hydrogen-bond acceptors (Lipinski definition) is 7. The minimum absolute atomic E-state index is 0.0392. The van der Waals surface area contributed by atoms with E-state index < -0.39 is 5.97 Å². The first-order chi connectivity index (χ1) is 10.1. The molecule has 2 rings (SSSR count). The van der Waals surface area contributed by atoms with Crippen LogP contribution in [-0.4, -0.2) is 43.7 Å². The summed E-state index contributed by atoms with van der Waals surface area (Å²) in [6.07, 6.45) is 1.75. The molecule has 2 heterocycles. The van der Waals surface area contributed by atoms with Crippen molar-refractivity contribution in [3.63, 3.8) is 0 Å². The SMILES string of the molecule is CC1(C)CC(c2nc(N)nc(NCC(=O)O)n2)CC(C)(C)N1. The lowest BCUT2D eigenvalue weighted by molar-refractivity contribution is -0.134. The third-order valence-electron chi connectivity index (χ3n) is 3.62. The molecule has 8 heteroatoms. The number of hydrogen-bond donors (Lipinski definition) is 4. The molecule has 122 valence electrons. The lowest BCUT2D eigenvalue weighted by atomic mass is 9.75. The Labute approximate surface area is 129 Å². The molecule has 0 unspecified atom stereocenters. The molecule has 8 nitrogen and oxygen atoms in total. The topological polar surface area (TPSA) is 126 Å². The van der Waals surface area contributed by atoms with E-state index in [1.807, 2.05) is 0 Å². The van der Waals surface area contributed by atoms with Crippen LogP contribution in [0.1, 0.15) is 52.3 Å². The first-order valence-corrected chi connectivity index (χ1v) is 7.33. The Hall–Kier alpha value is -1.96. The second-order valence-electron chi connectivity index (χ2n) is 7.12. The van der Waals surface area contributed by atoms with Crippen LogP contribution in [0.4, 0.5) is 11.9 Å². The van der Waals surface area contributed by atoms with Crippen LogP contribution in [0.25, 0.3) is 0 Å². The fraction of sp³-hybridized carbons (Fsp3) is 0.714. The van der Waals surface area contributed by atoms with Crippen molar-refractivity contribution in [2.45, 2.75) is 57.5 Å². The number of rotatable bonds is 4. The summed E-state index contributed by atoms with van der Waals surface area (Å²) in [6, 6.07) is 0. The zero-order valence-electron chi connectivity index (χ0n) is 13.5. The van der Waals surface area contributed by atoms with Crippen LogP contribution in [0.5, 0.6) is 0 Å². The molecule has 0 bridgehead atoms. The Kier molecular flexibility index (Phi) is 4.23. The minimum atomic E-state index is -0.982. The van der Waals surface area contributed by atoms with E-state index in [0.717, 1.165) is 12.8 Å². The van der Waals surface area contributed by atoms with E-state index in [4.69, 9.17) is 10.8 Å². The van der Waals surface area contributed by atoms with Gasteiger partial charge in [0.15, 0.2) is 0 Å². The average Bonchev–Trinajstić information content (AvgIpc) is 2.32. The first kappa shape index (κ1) is 16.4. The second kappa shape index (κ2) is 5.68. The van der Waals surface area contributed by atoms with Gasteiger partial charge < -0.3 is 21.5 Å². The summed E-state index contributed by atoms with van der Waals surface area (Å²) in [4.78, 5) is 23.2. The summed E-state index contributed by atoms with van der Waals surface area (Å²) in [7, 11) is 0. The molecule has 0 aliphatic carbocycles. The Balaban J connectivity index is 2.25. The van der Waals surface area contributed by atoms with Gasteiger partial charge in [-0.2, -0.15) is 15.0 Å². The fourth-order valence-electron chi connectivity index (χ4n) is 3.33. The molecule has 0 amide bonds. The molecule has 1 aliphatic rings. The summed E-state index contributed by atoms with van der Waals surface area (Å²) in [6.45, 7) is 8.33. The van der Waals surface area contributed by atoms with Crippen molar-refractivity contribution >= 4 is 17.9 Å². The highest BCUT2D eigenvalue weighted by Crippen LogP contribution is 2.37. The van der Waals surface area contributed by atoms with Gasteiger partial charge in [-0.3, -0.25) is 4.79 Å². The van der Waals surface area contributed by atoms with E-state index in [0.29, 0.717) is 5.82 Å². The molecule has 0 atom stereocenters. The van der Waals surface area contributed by atoms with Crippen molar-refractivity contribution in [1.82, 2.24) is 20.3 Å². The number of carboxylic acid groups (broad SMARTS) is 1. The largest absolute Gasteiger partial charge is 0.480 e. The standard InChI is InChI=1S/C14H24N6O2/c1-13(2)5-8(6-14(3,4)20-13)10-17-11(15)19-12(18-10)16-7-9(21)22/h8,20H,5-7H2,1-4H3,(H,21,22)(H3,15,16,17,18,19). The molecule has 0 saturated carbocycles. The van der Waals surface area contributed by atoms with E-state index in [1.165, 1.54) is 0 Å². The molecule has 5 N–H and O–H groups in total. The van der Waals surface area contributed by atoms with Gasteiger partial charge in [0.2, 0.25) is 11.9 Å². The van der Waals surface area contributed by atoms with Gasteiger partial charge in [0.05, 0.1) is 0 Å². The van der Waals surface area contributed by atoms with Gasteiger partial charge in [-0.05, 0) is 40.5 Å². The smallest absolute Gasteiger partial charge is 0.322 e. The van der Waals surface area contributed by atoms with Crippen LogP contribution in [-0.2, 0) is 4.79 Å². The number of nitrogens with zero attached hydrogens (tertiary/aromatic N) is 3. The van der Waals surface area contributed by atoms with Crippen molar-refractivity contribution in [2.24, 2.45) is 0 Å². The van der Waals surface area contributed by atoms with Crippen LogP contribution in [0.15, 0.2) is 0 Å². The highest BCUT2D eigenvalue weighted by Gasteiger charge is 2.39. The number of piperidine rings is 1. The van der Waals surface area contributed by atoms with Gasteiger partial charge in [-0.1, -0.05) is 0 Å². The number of nitrogen functional groups attached to an aromatic ring is 1. The molecule has 0 radical (unpaired) electrons. The predicted octanol–water partition coefficient (Wildman–Crippen LogP) is 0.975. The van der Waals surface area contributed by atoms with Crippen LogP contribution in [0.3, 0.4) is 0 Å². The first-order valence-electron chi connectivity index (χ1n) is 7.33. The summed E-state index contributed by atoms with van der Waals surface area (Å²) >= 11 is 0. The summed E-state index contributed by atoms with van der Waals surface area (Å²) in [5.41, 5.74) is 5.66. The number of nitrogens with one attached hydrogen (secondary N) is 2. The number of carboxylic acids is 1. The number of aliphatic carboxylic acids is 1. The van der Waals surface area contributed by atoms with E-state index in [1.54, 1.807) is 0 Å². The Morgan fingerprint density at radius 1 is 1.27 bits per heavy atom. The quantitative estimate of drug-likeness (QED) is 0.648. The number of carbonyl (C=O) groups is 1. The van der Waals surface area contributed by atoms with Gasteiger partial charge in [0.1, 0.15) is 12.4 Å². The predicted molar refractivity (Wildman–Crippen MR) is 83.6 cm³/mol. The van der Waals surface area contributed by atoms with Gasteiger partial charge >= 0.3 is 5.97 Å². The highest BCUT2D eigenvalue weighted by atomic mass is 16.4. The highest BCUT2D eigenvalue weighted by molar-refractivity contribution is 5.71. The monoisotopic (exact) mass is 308 g/mol. The molecule has 1 aliphatic heterocycles. The van der Waals surface area contributed by atoms with Crippen LogP contribution < -0.4 is 16.4 Å². The zero-order chi connectivity index (χ0) is 16.5. The van der Waals surface area contributed by atoms with Crippen LogP contribution in [0, 0.1) is 0 Å². The summed E-state index contributed by atoms with van der Waals surface area (Å²) < 4.78 is 0. The molecule has 1 aromatic heterocycles. The average molecular weight is 308 g/mol. The molecule has 1 fully saturated rings. The minimum Gasteiger partial charge on any atom is -0.480 e. The summed E-state index contributed by atoms with van der Waals surface area (Å²) in [5.74, 6) is 0.0840. The number of anilines is 2. The van der Waals surface area contributed by atoms with Crippen molar-refractivity contribution in [3.05, 3.63) is 5.82 Å². The number of aromatic nitrogens is 3. The van der Waals surface area contributed by atoms with Crippen molar-refractivity contribution in [1.29, 1.82) is 0 Å². The van der Waals surface area contributed by atoms with E-state index in [-0.39, 0.29) is 35.4 Å². The Morgan fingerprint density at radius 2 is 1.86 bits per heavy atom. The van der Waals surface area contributed by atoms with E-state index in [2.05, 4.69) is 53.3 Å². The lowest BCUT2D eigenvalue weighted by Crippen LogP contribution is -2.57. The van der Waals surface area contributed by atoms with Crippen molar-refractivity contribution < 1.29 is 9.90 Å². The molecular formula is C14H24N6O2. The molecular weight excluding hydrogens is 284 g/mol. The number of nitrogens with two attached hydrogens (primary N) is 1.